The summed E-state index contributed by atoms with van der Waals surface area (Å²) in [7, 11) is 0. The van der Waals surface area contributed by atoms with E-state index in [1.807, 2.05) is 6.07 Å². The van der Waals surface area contributed by atoms with Gasteiger partial charge < -0.3 is 15.9 Å². The van der Waals surface area contributed by atoms with Gasteiger partial charge in [-0.25, -0.2) is 9.79 Å². The number of esters is 1. The van der Waals surface area contributed by atoms with Crippen molar-refractivity contribution >= 4 is 40.1 Å². The average Bonchev–Trinajstić information content (AvgIpc) is 2.57. The number of aromatic nitrogens is 1. The van der Waals surface area contributed by atoms with Crippen molar-refractivity contribution in [1.82, 2.24) is 15.8 Å². The molecule has 0 fully saturated rings. The van der Waals surface area contributed by atoms with Gasteiger partial charge in [-0.05, 0) is 37.7 Å². The smallest absolute Gasteiger partial charge is 0.336 e. The molecule has 0 bridgehead atoms. The Morgan fingerprint density at radius 1 is 1.56 bits per heavy atom. The van der Waals surface area contributed by atoms with Crippen LogP contribution in [-0.2, 0) is 9.53 Å². The maximum Gasteiger partial charge on any atom is 0.336 e. The summed E-state index contributed by atoms with van der Waals surface area (Å²) in [6.07, 6.45) is 4.88. The van der Waals surface area contributed by atoms with E-state index in [9.17, 15) is 4.79 Å². The van der Waals surface area contributed by atoms with E-state index in [-0.39, 0.29) is 16.9 Å². The fourth-order valence-corrected chi connectivity index (χ4v) is 2.80. The zero-order chi connectivity index (χ0) is 18.4. The second kappa shape index (κ2) is 8.59. The lowest BCUT2D eigenvalue weighted by molar-refractivity contribution is -0.138. The van der Waals surface area contributed by atoms with Crippen molar-refractivity contribution in [3.63, 3.8) is 0 Å². The highest BCUT2D eigenvalue weighted by atomic mass is 35.5. The van der Waals surface area contributed by atoms with Crippen LogP contribution in [0.4, 0.5) is 0 Å². The second-order valence-corrected chi connectivity index (χ2v) is 5.87. The largest absolute Gasteiger partial charge is 0.463 e. The van der Waals surface area contributed by atoms with Crippen molar-refractivity contribution in [2.24, 2.45) is 10.7 Å². The quantitative estimate of drug-likeness (QED) is 0.408. The minimum atomic E-state index is -0.488. The molecule has 0 aliphatic carbocycles. The molecule has 1 aromatic rings. The van der Waals surface area contributed by atoms with Crippen molar-refractivity contribution in [3.8, 4) is 0 Å². The van der Waals surface area contributed by atoms with Gasteiger partial charge in [0.1, 0.15) is 5.17 Å². The number of nitrogens with two attached hydrogens (primary N) is 1. The highest BCUT2D eigenvalue weighted by molar-refractivity contribution is 7.80. The molecule has 7 nitrogen and oxygen atoms in total. The molecule has 0 amide bonds. The van der Waals surface area contributed by atoms with Crippen molar-refractivity contribution in [3.05, 3.63) is 53.1 Å². The van der Waals surface area contributed by atoms with E-state index in [4.69, 9.17) is 34.3 Å². The number of hydrogen-bond donors (Lipinski definition) is 3. The molecule has 0 radical (unpaired) electrons. The van der Waals surface area contributed by atoms with Gasteiger partial charge in [0, 0.05) is 30.1 Å². The molecule has 2 heterocycles. The van der Waals surface area contributed by atoms with E-state index in [1.165, 1.54) is 0 Å². The molecular weight excluding hydrogens is 362 g/mol. The van der Waals surface area contributed by atoms with Crippen LogP contribution in [0.15, 0.2) is 52.6 Å². The van der Waals surface area contributed by atoms with E-state index < -0.39 is 11.9 Å². The van der Waals surface area contributed by atoms with Gasteiger partial charge in [0.15, 0.2) is 5.11 Å². The Bertz CT molecular complexity index is 761. The summed E-state index contributed by atoms with van der Waals surface area (Å²) in [5.74, 6) is -0.937. The lowest BCUT2D eigenvalue weighted by Crippen LogP contribution is -2.38. The molecule has 0 aromatic carbocycles. The molecule has 9 heteroatoms. The van der Waals surface area contributed by atoms with Crippen LogP contribution in [0, 0.1) is 0 Å². The molecule has 0 saturated heterocycles. The Hall–Kier alpha value is -2.45. The highest BCUT2D eigenvalue weighted by Crippen LogP contribution is 2.39. The van der Waals surface area contributed by atoms with Gasteiger partial charge in [0.05, 0.1) is 17.9 Å². The zero-order valence-corrected chi connectivity index (χ0v) is 15.3. The van der Waals surface area contributed by atoms with E-state index in [2.05, 4.69) is 20.8 Å². The Kier molecular flexibility index (Phi) is 6.49. The Morgan fingerprint density at radius 2 is 2.32 bits per heavy atom. The van der Waals surface area contributed by atoms with Gasteiger partial charge in [-0.3, -0.25) is 10.4 Å². The van der Waals surface area contributed by atoms with E-state index in [1.54, 1.807) is 38.5 Å². The number of pyridine rings is 1. The topological polar surface area (TPSA) is 102 Å². The van der Waals surface area contributed by atoms with Gasteiger partial charge in [-0.1, -0.05) is 17.7 Å². The first kappa shape index (κ1) is 18.9. The summed E-state index contributed by atoms with van der Waals surface area (Å²) in [6, 6.07) is 3.64. The summed E-state index contributed by atoms with van der Waals surface area (Å²) < 4.78 is 5.20. The minimum absolute atomic E-state index is 0.0657. The van der Waals surface area contributed by atoms with Crippen LogP contribution < -0.4 is 16.6 Å². The number of halogens is 1. The monoisotopic (exact) mass is 379 g/mol. The normalized spacial score (nSPS) is 18.6. The van der Waals surface area contributed by atoms with Gasteiger partial charge in [0.25, 0.3) is 0 Å². The molecule has 2 rings (SSSR count). The highest BCUT2D eigenvalue weighted by Gasteiger charge is 2.34. The molecule has 132 valence electrons. The Labute approximate surface area is 156 Å². The number of allylic oxidation sites excluding steroid dienone is 2. The molecule has 1 aliphatic rings. The zero-order valence-electron chi connectivity index (χ0n) is 13.7. The summed E-state index contributed by atoms with van der Waals surface area (Å²) in [4.78, 5) is 20.9. The van der Waals surface area contributed by atoms with Crippen molar-refractivity contribution < 1.29 is 9.53 Å². The maximum atomic E-state index is 12.5. The SMILES string of the molecule is CCOC(=O)C1=C(C)N=C(Cl)/C(=C\NNC(N)=S)C1c1cccnc1. The number of hydrazine groups is 1. The second-order valence-electron chi connectivity index (χ2n) is 5.07. The van der Waals surface area contributed by atoms with Crippen LogP contribution >= 0.6 is 23.8 Å². The number of nitrogens with one attached hydrogen (secondary N) is 2. The molecule has 0 saturated carbocycles. The van der Waals surface area contributed by atoms with Crippen LogP contribution in [0.5, 0.6) is 0 Å². The number of carbonyl (C=O) groups excluding carboxylic acids is 1. The number of ether oxygens (including phenoxy) is 1. The summed E-state index contributed by atoms with van der Waals surface area (Å²) in [5, 5.41) is 0.313. The summed E-state index contributed by atoms with van der Waals surface area (Å²) in [5.41, 5.74) is 13.0. The minimum Gasteiger partial charge on any atom is -0.463 e. The molecule has 0 spiro atoms. The van der Waals surface area contributed by atoms with Crippen molar-refractivity contribution in [2.45, 2.75) is 19.8 Å². The predicted octanol–water partition coefficient (Wildman–Crippen LogP) is 1.87. The number of thiocarbonyl (C=S) groups is 1. The van der Waals surface area contributed by atoms with Gasteiger partial charge in [0.2, 0.25) is 0 Å². The third-order valence-electron chi connectivity index (χ3n) is 3.43. The van der Waals surface area contributed by atoms with E-state index in [0.29, 0.717) is 16.8 Å². The first-order valence-electron chi connectivity index (χ1n) is 7.49. The van der Waals surface area contributed by atoms with Gasteiger partial charge in [-0.15, -0.1) is 0 Å². The van der Waals surface area contributed by atoms with E-state index in [0.717, 1.165) is 5.56 Å². The van der Waals surface area contributed by atoms with Gasteiger partial charge in [-0.2, -0.15) is 0 Å². The number of aliphatic imine (C=N–C) groups is 1. The first-order chi connectivity index (χ1) is 12.0. The molecule has 1 atom stereocenters. The standard InChI is InChI=1S/C16H18ClN5O2S/c1-3-24-15(23)12-9(2)21-14(17)11(8-20-22-16(18)25)13(12)10-5-4-6-19-7-10/h4-8,13,20H,3H2,1-2H3,(H3,18,22,25)/b11-8-. The molecule has 4 N–H and O–H groups in total. The van der Waals surface area contributed by atoms with Crippen molar-refractivity contribution in [2.75, 3.05) is 6.61 Å². The molecule has 1 aromatic heterocycles. The van der Waals surface area contributed by atoms with E-state index >= 15 is 0 Å². The van der Waals surface area contributed by atoms with Crippen LogP contribution in [-0.4, -0.2) is 27.8 Å². The molecule has 1 unspecified atom stereocenters. The predicted molar refractivity (Wildman–Crippen MR) is 101 cm³/mol. The van der Waals surface area contributed by atoms with Crippen LogP contribution in [0.25, 0.3) is 0 Å². The third kappa shape index (κ3) is 4.55. The lowest BCUT2D eigenvalue weighted by Gasteiger charge is -2.26. The number of hydrogen-bond acceptors (Lipinski definition) is 6. The van der Waals surface area contributed by atoms with Crippen LogP contribution in [0.3, 0.4) is 0 Å². The van der Waals surface area contributed by atoms with Gasteiger partial charge >= 0.3 is 5.97 Å². The average molecular weight is 380 g/mol. The summed E-state index contributed by atoms with van der Waals surface area (Å²) >= 11 is 11.1. The Morgan fingerprint density at radius 3 is 2.92 bits per heavy atom. The molecule has 1 aliphatic heterocycles. The first-order valence-corrected chi connectivity index (χ1v) is 8.27. The third-order valence-corrected chi connectivity index (χ3v) is 3.83. The Balaban J connectivity index is 2.53. The summed E-state index contributed by atoms with van der Waals surface area (Å²) in [6.45, 7) is 3.72. The number of carbonyl (C=O) groups is 1. The van der Waals surface area contributed by atoms with Crippen LogP contribution in [0.2, 0.25) is 0 Å². The molecule has 25 heavy (non-hydrogen) atoms. The lowest BCUT2D eigenvalue weighted by atomic mass is 9.83. The molecular formula is C16H18ClN5O2S. The van der Waals surface area contributed by atoms with Crippen molar-refractivity contribution in [1.29, 1.82) is 0 Å². The fourth-order valence-electron chi connectivity index (χ4n) is 2.45. The fraction of sp³-hybridized carbons (Fsp3) is 0.250. The van der Waals surface area contributed by atoms with Crippen LogP contribution in [0.1, 0.15) is 25.3 Å². The number of nitrogens with zero attached hydrogens (tertiary/aromatic N) is 2. The maximum absolute atomic E-state index is 12.5. The number of rotatable bonds is 5.